The van der Waals surface area contributed by atoms with Gasteiger partial charge in [0, 0.05) is 17.6 Å². The number of amides is 1. The summed E-state index contributed by atoms with van der Waals surface area (Å²) in [6.07, 6.45) is 6.39. The lowest BCUT2D eigenvalue weighted by molar-refractivity contribution is -0.122. The summed E-state index contributed by atoms with van der Waals surface area (Å²) in [6.45, 7) is 4.35. The molecule has 2 aromatic heterocycles. The summed E-state index contributed by atoms with van der Waals surface area (Å²) in [6, 6.07) is 2.39. The average molecular weight is 327 g/mol. The van der Waals surface area contributed by atoms with Gasteiger partial charge in [0.15, 0.2) is 5.65 Å². The zero-order valence-corrected chi connectivity index (χ0v) is 14.5. The average Bonchev–Trinajstić information content (AvgIpc) is 3.36. The minimum Gasteiger partial charge on any atom is -0.352 e. The lowest BCUT2D eigenvalue weighted by Crippen LogP contribution is -2.44. The number of carbonyl (C=O) groups is 1. The monoisotopic (exact) mass is 327 g/mol. The van der Waals surface area contributed by atoms with Crippen LogP contribution in [-0.2, 0) is 11.3 Å². The Labute approximate surface area is 142 Å². The van der Waals surface area contributed by atoms with E-state index in [9.17, 15) is 4.79 Å². The molecule has 2 aliphatic rings. The summed E-state index contributed by atoms with van der Waals surface area (Å²) in [5, 5.41) is 8.89. The molecule has 0 aromatic carbocycles. The van der Waals surface area contributed by atoms with Crippen LogP contribution >= 0.6 is 0 Å². The van der Waals surface area contributed by atoms with Crippen LogP contribution in [0.5, 0.6) is 0 Å². The predicted molar refractivity (Wildman–Crippen MR) is 92.9 cm³/mol. The maximum atomic E-state index is 12.4. The maximum Gasteiger partial charge on any atom is 0.242 e. The van der Waals surface area contributed by atoms with Crippen molar-refractivity contribution in [2.75, 3.05) is 20.1 Å². The zero-order chi connectivity index (χ0) is 16.7. The highest BCUT2D eigenvalue weighted by molar-refractivity contribution is 5.85. The van der Waals surface area contributed by atoms with Crippen molar-refractivity contribution >= 4 is 16.9 Å². The minimum absolute atomic E-state index is 0.0348. The SMILES string of the molecule is Cc1nn(CC(=O)NC2CCN(C)CC2)c2nccc(C3CC3)c12. The summed E-state index contributed by atoms with van der Waals surface area (Å²) in [7, 11) is 2.12. The molecule has 4 rings (SSSR count). The third kappa shape index (κ3) is 3.02. The first-order chi connectivity index (χ1) is 11.6. The van der Waals surface area contributed by atoms with Crippen LogP contribution in [0.15, 0.2) is 12.3 Å². The minimum atomic E-state index is 0.0348. The predicted octanol–water partition coefficient (Wildman–Crippen LogP) is 1.83. The first-order valence-electron chi connectivity index (χ1n) is 8.91. The van der Waals surface area contributed by atoms with Gasteiger partial charge < -0.3 is 10.2 Å². The molecular weight excluding hydrogens is 302 g/mol. The number of hydrogen-bond acceptors (Lipinski definition) is 4. The number of likely N-dealkylation sites (tertiary alicyclic amines) is 1. The molecule has 0 unspecified atom stereocenters. The van der Waals surface area contributed by atoms with Crippen LogP contribution < -0.4 is 5.32 Å². The van der Waals surface area contributed by atoms with Crippen molar-refractivity contribution in [1.82, 2.24) is 25.0 Å². The molecule has 0 spiro atoms. The van der Waals surface area contributed by atoms with E-state index in [0.29, 0.717) is 5.92 Å². The number of fused-ring (bicyclic) bond motifs is 1. The smallest absolute Gasteiger partial charge is 0.242 e. The van der Waals surface area contributed by atoms with Crippen LogP contribution in [0.3, 0.4) is 0 Å². The second-order valence-electron chi connectivity index (χ2n) is 7.26. The molecule has 6 heteroatoms. The van der Waals surface area contributed by atoms with Gasteiger partial charge in [0.05, 0.1) is 5.69 Å². The van der Waals surface area contributed by atoms with Gasteiger partial charge in [-0.05, 0) is 70.3 Å². The number of carbonyl (C=O) groups excluding carboxylic acids is 1. The van der Waals surface area contributed by atoms with Crippen molar-refractivity contribution in [1.29, 1.82) is 0 Å². The molecule has 1 saturated heterocycles. The third-order valence-corrected chi connectivity index (χ3v) is 5.23. The molecule has 1 saturated carbocycles. The van der Waals surface area contributed by atoms with Gasteiger partial charge in [-0.3, -0.25) is 4.79 Å². The highest BCUT2D eigenvalue weighted by Gasteiger charge is 2.28. The van der Waals surface area contributed by atoms with E-state index in [2.05, 4.69) is 33.4 Å². The number of pyridine rings is 1. The summed E-state index contributed by atoms with van der Waals surface area (Å²) in [5.74, 6) is 0.687. The van der Waals surface area contributed by atoms with Gasteiger partial charge in [0.2, 0.25) is 5.91 Å². The van der Waals surface area contributed by atoms with Gasteiger partial charge in [-0.15, -0.1) is 0 Å². The maximum absolute atomic E-state index is 12.4. The van der Waals surface area contributed by atoms with Crippen LogP contribution in [0, 0.1) is 6.92 Å². The number of aryl methyl sites for hydroxylation is 1. The first kappa shape index (κ1) is 15.6. The van der Waals surface area contributed by atoms with Crippen molar-refractivity contribution in [3.8, 4) is 0 Å². The van der Waals surface area contributed by atoms with Crippen LogP contribution in [0.2, 0.25) is 0 Å². The lowest BCUT2D eigenvalue weighted by atomic mass is 10.1. The molecule has 3 heterocycles. The first-order valence-corrected chi connectivity index (χ1v) is 8.91. The molecule has 1 N–H and O–H groups in total. The Morgan fingerprint density at radius 3 is 2.75 bits per heavy atom. The van der Waals surface area contributed by atoms with E-state index in [1.54, 1.807) is 4.68 Å². The lowest BCUT2D eigenvalue weighted by Gasteiger charge is -2.29. The molecule has 1 amide bonds. The number of nitrogens with zero attached hydrogens (tertiary/aromatic N) is 4. The Balaban J connectivity index is 1.50. The van der Waals surface area contributed by atoms with Crippen molar-refractivity contribution < 1.29 is 4.79 Å². The standard InChI is InChI=1S/C18H25N5O/c1-12-17-15(13-3-4-13)5-8-19-18(17)23(21-12)11-16(24)20-14-6-9-22(2)10-7-14/h5,8,13-14H,3-4,6-7,9-11H2,1-2H3,(H,20,24). The largest absolute Gasteiger partial charge is 0.352 e. The van der Waals surface area contributed by atoms with Crippen molar-refractivity contribution in [3.63, 3.8) is 0 Å². The van der Waals surface area contributed by atoms with Gasteiger partial charge in [-0.1, -0.05) is 0 Å². The van der Waals surface area contributed by atoms with Crippen LogP contribution in [0.4, 0.5) is 0 Å². The third-order valence-electron chi connectivity index (χ3n) is 5.23. The molecule has 24 heavy (non-hydrogen) atoms. The fraction of sp³-hybridized carbons (Fsp3) is 0.611. The van der Waals surface area contributed by atoms with Gasteiger partial charge in [-0.25, -0.2) is 9.67 Å². The Morgan fingerprint density at radius 2 is 2.04 bits per heavy atom. The van der Waals surface area contributed by atoms with E-state index in [0.717, 1.165) is 42.7 Å². The molecule has 2 fully saturated rings. The fourth-order valence-corrected chi connectivity index (χ4v) is 3.72. The van der Waals surface area contributed by atoms with E-state index >= 15 is 0 Å². The number of nitrogens with one attached hydrogen (secondary N) is 1. The fourth-order valence-electron chi connectivity index (χ4n) is 3.72. The van der Waals surface area contributed by atoms with Crippen molar-refractivity contribution in [3.05, 3.63) is 23.5 Å². The topological polar surface area (TPSA) is 63.1 Å². The molecule has 0 radical (unpaired) electrons. The zero-order valence-electron chi connectivity index (χ0n) is 14.5. The molecule has 0 atom stereocenters. The van der Waals surface area contributed by atoms with Crippen LogP contribution in [0.1, 0.15) is 42.9 Å². The molecule has 2 aromatic rings. The summed E-state index contributed by atoms with van der Waals surface area (Å²) < 4.78 is 1.76. The van der Waals surface area contributed by atoms with E-state index in [1.165, 1.54) is 18.4 Å². The van der Waals surface area contributed by atoms with E-state index < -0.39 is 0 Å². The van der Waals surface area contributed by atoms with Crippen molar-refractivity contribution in [2.24, 2.45) is 0 Å². The highest BCUT2D eigenvalue weighted by Crippen LogP contribution is 2.43. The molecule has 6 nitrogen and oxygen atoms in total. The summed E-state index contributed by atoms with van der Waals surface area (Å²) >= 11 is 0. The molecule has 0 bridgehead atoms. The number of rotatable bonds is 4. The van der Waals surface area contributed by atoms with Gasteiger partial charge in [0.25, 0.3) is 0 Å². The van der Waals surface area contributed by atoms with Gasteiger partial charge in [-0.2, -0.15) is 5.10 Å². The molecule has 1 aliphatic heterocycles. The normalized spacial score (nSPS) is 19.8. The molecular formula is C18H25N5O. The van der Waals surface area contributed by atoms with Gasteiger partial charge >= 0.3 is 0 Å². The van der Waals surface area contributed by atoms with Crippen molar-refractivity contribution in [2.45, 2.75) is 51.1 Å². The number of hydrogen-bond donors (Lipinski definition) is 1. The quantitative estimate of drug-likeness (QED) is 0.930. The van der Waals surface area contributed by atoms with Gasteiger partial charge in [0.1, 0.15) is 6.54 Å². The number of aromatic nitrogens is 3. The number of piperidine rings is 1. The van der Waals surface area contributed by atoms with E-state index in [1.807, 2.05) is 13.1 Å². The Bertz CT molecular complexity index is 756. The Hall–Kier alpha value is -1.95. The Morgan fingerprint density at radius 1 is 1.29 bits per heavy atom. The van der Waals surface area contributed by atoms with Crippen LogP contribution in [-0.4, -0.2) is 51.8 Å². The van der Waals surface area contributed by atoms with E-state index in [4.69, 9.17) is 0 Å². The van der Waals surface area contributed by atoms with E-state index in [-0.39, 0.29) is 18.5 Å². The summed E-state index contributed by atoms with van der Waals surface area (Å²) in [4.78, 5) is 19.2. The second kappa shape index (κ2) is 6.16. The van der Waals surface area contributed by atoms with Crippen LogP contribution in [0.25, 0.3) is 11.0 Å². The molecule has 1 aliphatic carbocycles. The highest BCUT2D eigenvalue weighted by atomic mass is 16.2. The summed E-state index contributed by atoms with van der Waals surface area (Å²) in [5.41, 5.74) is 3.17. The second-order valence-corrected chi connectivity index (χ2v) is 7.26. The Kier molecular flexibility index (Phi) is 4.00. The molecule has 128 valence electrons.